The Morgan fingerprint density at radius 3 is 2.15 bits per heavy atom. The number of benzene rings is 1. The lowest BCUT2D eigenvalue weighted by Crippen LogP contribution is -2.12. The van der Waals surface area contributed by atoms with Crippen LogP contribution in [0.1, 0.15) is 37.7 Å². The fraction of sp³-hybridized carbons (Fsp3) is 0.200. The van der Waals surface area contributed by atoms with Gasteiger partial charge in [-0.3, -0.25) is 0 Å². The van der Waals surface area contributed by atoms with Crippen molar-refractivity contribution in [3.63, 3.8) is 0 Å². The lowest BCUT2D eigenvalue weighted by molar-refractivity contribution is 0.0678. The van der Waals surface area contributed by atoms with Crippen molar-refractivity contribution in [1.29, 1.82) is 0 Å². The summed E-state index contributed by atoms with van der Waals surface area (Å²) in [5.74, 6) is -1.94. The first-order valence-electron chi connectivity index (χ1n) is 6.12. The second-order valence-electron chi connectivity index (χ2n) is 4.71. The Bertz CT molecular complexity index is 668. The first-order valence-corrected chi connectivity index (χ1v) is 6.12. The molecule has 0 aliphatic carbocycles. The zero-order valence-electron chi connectivity index (χ0n) is 11.3. The molecule has 1 aromatic carbocycles. The Morgan fingerprint density at radius 2 is 1.65 bits per heavy atom. The van der Waals surface area contributed by atoms with Gasteiger partial charge in [-0.2, -0.15) is 0 Å². The Morgan fingerprint density at radius 1 is 1.05 bits per heavy atom. The Kier molecular flexibility index (Phi) is 3.61. The van der Waals surface area contributed by atoms with Gasteiger partial charge in [-0.1, -0.05) is 12.1 Å². The molecule has 0 bridgehead atoms. The molecule has 1 aromatic heterocycles. The second-order valence-corrected chi connectivity index (χ2v) is 4.71. The number of nitrogens with zero attached hydrogens (tertiary/aromatic N) is 1. The molecule has 104 valence electrons. The van der Waals surface area contributed by atoms with Crippen LogP contribution in [0.2, 0.25) is 0 Å². The lowest BCUT2D eigenvalue weighted by Gasteiger charge is -2.10. The molecule has 0 spiro atoms. The Balaban J connectivity index is 2.35. The van der Waals surface area contributed by atoms with Crippen LogP contribution < -0.4 is 0 Å². The maximum absolute atomic E-state index is 11.3. The highest BCUT2D eigenvalue weighted by Gasteiger charge is 2.16. The summed E-state index contributed by atoms with van der Waals surface area (Å²) in [6, 6.07) is 8.26. The molecule has 2 N–H and O–H groups in total. The lowest BCUT2D eigenvalue weighted by atomic mass is 10.1. The number of carboxylic acids is 2. The molecule has 2 aromatic rings. The summed E-state index contributed by atoms with van der Waals surface area (Å²) < 4.78 is 1.72. The fourth-order valence-corrected chi connectivity index (χ4v) is 2.27. The van der Waals surface area contributed by atoms with Gasteiger partial charge in [0.2, 0.25) is 0 Å². The zero-order valence-corrected chi connectivity index (χ0v) is 11.3. The van der Waals surface area contributed by atoms with E-state index < -0.39 is 11.9 Å². The topological polar surface area (TPSA) is 79.5 Å². The smallest absolute Gasteiger partial charge is 0.352 e. The normalized spacial score (nSPS) is 10.5. The average Bonchev–Trinajstić information content (AvgIpc) is 2.64. The van der Waals surface area contributed by atoms with E-state index in [2.05, 4.69) is 0 Å². The number of rotatable bonds is 4. The zero-order chi connectivity index (χ0) is 14.9. The van der Waals surface area contributed by atoms with Crippen molar-refractivity contribution in [2.45, 2.75) is 20.4 Å². The minimum absolute atomic E-state index is 0.215. The third kappa shape index (κ3) is 2.56. The van der Waals surface area contributed by atoms with Crippen molar-refractivity contribution >= 4 is 11.9 Å². The molecule has 0 fully saturated rings. The largest absolute Gasteiger partial charge is 0.478 e. The molecular formula is C15H15NO4. The van der Waals surface area contributed by atoms with Gasteiger partial charge in [-0.25, -0.2) is 9.59 Å². The van der Waals surface area contributed by atoms with E-state index in [1.54, 1.807) is 23.6 Å². The first kappa shape index (κ1) is 13.9. The Labute approximate surface area is 116 Å². The van der Waals surface area contributed by atoms with E-state index in [0.29, 0.717) is 6.54 Å². The third-order valence-corrected chi connectivity index (χ3v) is 3.24. The number of hydrogen-bond donors (Lipinski definition) is 2. The molecular weight excluding hydrogens is 258 g/mol. The van der Waals surface area contributed by atoms with Crippen molar-refractivity contribution in [2.75, 3.05) is 0 Å². The van der Waals surface area contributed by atoms with Crippen molar-refractivity contribution in [2.24, 2.45) is 0 Å². The fourth-order valence-electron chi connectivity index (χ4n) is 2.27. The molecule has 0 saturated heterocycles. The SMILES string of the molecule is Cc1cc(C)n(Cc2ccc(C(=O)O)cc2)c1C(=O)O. The maximum Gasteiger partial charge on any atom is 0.352 e. The third-order valence-electron chi connectivity index (χ3n) is 3.24. The molecule has 0 amide bonds. The minimum Gasteiger partial charge on any atom is -0.478 e. The van der Waals surface area contributed by atoms with Gasteiger partial charge in [0.05, 0.1) is 5.56 Å². The summed E-state index contributed by atoms with van der Waals surface area (Å²) in [6.45, 7) is 4.02. The van der Waals surface area contributed by atoms with E-state index >= 15 is 0 Å². The summed E-state index contributed by atoms with van der Waals surface area (Å²) in [6.07, 6.45) is 0. The number of aryl methyl sites for hydroxylation is 2. The molecule has 5 nitrogen and oxygen atoms in total. The standard InChI is InChI=1S/C15H15NO4/c1-9-7-10(2)16(13(9)15(19)20)8-11-3-5-12(6-4-11)14(17)18/h3-7H,8H2,1-2H3,(H,17,18)(H,19,20). The van der Waals surface area contributed by atoms with Gasteiger partial charge in [0.25, 0.3) is 0 Å². The monoisotopic (exact) mass is 273 g/mol. The van der Waals surface area contributed by atoms with Gasteiger partial charge in [0.15, 0.2) is 0 Å². The van der Waals surface area contributed by atoms with Crippen LogP contribution in [0.5, 0.6) is 0 Å². The van der Waals surface area contributed by atoms with Gasteiger partial charge in [0.1, 0.15) is 5.69 Å². The van der Waals surface area contributed by atoms with E-state index in [4.69, 9.17) is 5.11 Å². The number of hydrogen-bond acceptors (Lipinski definition) is 2. The predicted octanol–water partition coefficient (Wildman–Crippen LogP) is 2.55. The van der Waals surface area contributed by atoms with Crippen LogP contribution in [0.25, 0.3) is 0 Å². The predicted molar refractivity (Wildman–Crippen MR) is 73.4 cm³/mol. The van der Waals surface area contributed by atoms with Crippen LogP contribution >= 0.6 is 0 Å². The second kappa shape index (κ2) is 5.21. The highest BCUT2D eigenvalue weighted by atomic mass is 16.4. The minimum atomic E-state index is -0.976. The van der Waals surface area contributed by atoms with Crippen molar-refractivity contribution in [1.82, 2.24) is 4.57 Å². The number of carboxylic acid groups (broad SMARTS) is 2. The molecule has 0 atom stereocenters. The van der Waals surface area contributed by atoms with Crippen molar-refractivity contribution < 1.29 is 19.8 Å². The average molecular weight is 273 g/mol. The molecule has 0 unspecified atom stereocenters. The Hall–Kier alpha value is -2.56. The van der Waals surface area contributed by atoms with E-state index in [0.717, 1.165) is 16.8 Å². The molecule has 0 radical (unpaired) electrons. The van der Waals surface area contributed by atoms with Gasteiger partial charge in [-0.05, 0) is 43.2 Å². The van der Waals surface area contributed by atoms with Gasteiger partial charge in [0, 0.05) is 12.2 Å². The number of aromatic nitrogens is 1. The van der Waals surface area contributed by atoms with Gasteiger partial charge in [-0.15, -0.1) is 0 Å². The summed E-state index contributed by atoms with van der Waals surface area (Å²) in [5, 5.41) is 18.1. The van der Waals surface area contributed by atoms with E-state index in [1.807, 2.05) is 13.0 Å². The van der Waals surface area contributed by atoms with E-state index in [9.17, 15) is 14.7 Å². The van der Waals surface area contributed by atoms with Crippen LogP contribution in [-0.2, 0) is 6.54 Å². The van der Waals surface area contributed by atoms with E-state index in [1.165, 1.54) is 12.1 Å². The van der Waals surface area contributed by atoms with Crippen molar-refractivity contribution in [3.8, 4) is 0 Å². The highest BCUT2D eigenvalue weighted by molar-refractivity contribution is 5.88. The molecule has 20 heavy (non-hydrogen) atoms. The molecule has 0 saturated carbocycles. The van der Waals surface area contributed by atoms with Gasteiger partial charge >= 0.3 is 11.9 Å². The molecule has 0 aliphatic heterocycles. The summed E-state index contributed by atoms with van der Waals surface area (Å²) >= 11 is 0. The molecule has 5 heteroatoms. The maximum atomic E-state index is 11.3. The summed E-state index contributed by atoms with van der Waals surface area (Å²) in [5.41, 5.74) is 2.92. The number of carbonyl (C=O) groups is 2. The quantitative estimate of drug-likeness (QED) is 0.897. The summed E-state index contributed by atoms with van der Waals surface area (Å²) in [4.78, 5) is 22.1. The first-order chi connectivity index (χ1) is 9.40. The van der Waals surface area contributed by atoms with Crippen LogP contribution in [0.4, 0.5) is 0 Å². The highest BCUT2D eigenvalue weighted by Crippen LogP contribution is 2.17. The van der Waals surface area contributed by atoms with Crippen LogP contribution in [0.15, 0.2) is 30.3 Å². The summed E-state index contributed by atoms with van der Waals surface area (Å²) in [7, 11) is 0. The molecule has 1 heterocycles. The van der Waals surface area contributed by atoms with Gasteiger partial charge < -0.3 is 14.8 Å². The van der Waals surface area contributed by atoms with Crippen LogP contribution in [-0.4, -0.2) is 26.7 Å². The molecule has 2 rings (SSSR count). The van der Waals surface area contributed by atoms with Crippen LogP contribution in [0.3, 0.4) is 0 Å². The molecule has 0 aliphatic rings. The van der Waals surface area contributed by atoms with Crippen LogP contribution in [0, 0.1) is 13.8 Å². The number of aromatic carboxylic acids is 2. The van der Waals surface area contributed by atoms with Crippen molar-refractivity contribution in [3.05, 3.63) is 58.4 Å². The van der Waals surface area contributed by atoms with E-state index in [-0.39, 0.29) is 11.3 Å².